The Hall–Kier alpha value is 0.126. The van der Waals surface area contributed by atoms with Crippen LogP contribution in [0.4, 0.5) is 0 Å². The van der Waals surface area contributed by atoms with Crippen LogP contribution in [0.1, 0.15) is 71.1 Å². The van der Waals surface area contributed by atoms with Gasteiger partial charge in [0.1, 0.15) is 0 Å². The number of hydrogen-bond donors (Lipinski definition) is 1. The summed E-state index contributed by atoms with van der Waals surface area (Å²) >= 11 is 0. The van der Waals surface area contributed by atoms with E-state index in [1.54, 1.807) is 6.08 Å². The van der Waals surface area contributed by atoms with E-state index in [1.807, 2.05) is 12.2 Å². The largest absolute Gasteiger partial charge is 1.00 e. The van der Waals surface area contributed by atoms with Crippen molar-refractivity contribution in [1.29, 1.82) is 0 Å². The summed E-state index contributed by atoms with van der Waals surface area (Å²) < 4.78 is 0. The molecule has 0 aromatic heterocycles. The van der Waals surface area contributed by atoms with E-state index in [9.17, 15) is 9.90 Å². The van der Waals surface area contributed by atoms with Gasteiger partial charge in [-0.05, 0) is 38.5 Å². The Kier molecular flexibility index (Phi) is 21.2. The van der Waals surface area contributed by atoms with Gasteiger partial charge in [0.25, 0.3) is 0 Å². The smallest absolute Gasteiger partial charge is 0.875 e. The quantitative estimate of drug-likeness (QED) is 0.240. The molecular weight excluding hydrogens is 303 g/mol. The summed E-state index contributed by atoms with van der Waals surface area (Å²) in [6.45, 7) is 2.10. The molecule has 0 aromatic rings. The standard InChI is InChI=1S/C18H30O3.K/c1-2-3-4-5-8-11-14-17(19)15-12-9-6-7-10-13-16-18(20)21;/h3-4,8,11,15,19H,2,5-7,9-10,12-14,16H2,1H3,(H,20,21);/q;+1/p-1/b4-3-,11-8-,17-15+;. The van der Waals surface area contributed by atoms with E-state index in [2.05, 4.69) is 19.1 Å². The maximum Gasteiger partial charge on any atom is 1.00 e. The summed E-state index contributed by atoms with van der Waals surface area (Å²) in [5.74, 6) is -0.524. The van der Waals surface area contributed by atoms with Gasteiger partial charge in [0, 0.05) is 6.42 Å². The molecular formula is C18H29KO3. The molecule has 120 valence electrons. The van der Waals surface area contributed by atoms with Crippen molar-refractivity contribution < 1.29 is 66.4 Å². The molecule has 0 aliphatic heterocycles. The monoisotopic (exact) mass is 332 g/mol. The van der Waals surface area contributed by atoms with Crippen molar-refractivity contribution in [3.63, 3.8) is 0 Å². The molecule has 0 radical (unpaired) electrons. The van der Waals surface area contributed by atoms with E-state index < -0.39 is 5.97 Å². The first-order valence-electron chi connectivity index (χ1n) is 8.04. The predicted molar refractivity (Wildman–Crippen MR) is 85.8 cm³/mol. The van der Waals surface area contributed by atoms with E-state index >= 15 is 0 Å². The van der Waals surface area contributed by atoms with Crippen molar-refractivity contribution in [2.24, 2.45) is 0 Å². The summed E-state index contributed by atoms with van der Waals surface area (Å²) in [5.41, 5.74) is 0. The molecule has 0 spiro atoms. The summed E-state index contributed by atoms with van der Waals surface area (Å²) in [6, 6.07) is 0. The molecule has 0 heterocycles. The maximum atomic E-state index is 11.6. The zero-order valence-electron chi connectivity index (χ0n) is 14.2. The number of carboxylic acid groups (broad SMARTS) is 1. The third-order valence-electron chi connectivity index (χ3n) is 3.13. The first kappa shape index (κ1) is 24.4. The molecule has 0 fully saturated rings. The number of rotatable bonds is 13. The minimum Gasteiger partial charge on any atom is -0.875 e. The van der Waals surface area contributed by atoms with Gasteiger partial charge in [-0.2, -0.15) is 0 Å². The summed E-state index contributed by atoms with van der Waals surface area (Å²) in [6.07, 6.45) is 18.4. The summed E-state index contributed by atoms with van der Waals surface area (Å²) in [4.78, 5) is 10.3. The minimum absolute atomic E-state index is 0. The molecule has 0 saturated heterocycles. The molecule has 4 heteroatoms. The van der Waals surface area contributed by atoms with Crippen LogP contribution >= 0.6 is 0 Å². The van der Waals surface area contributed by atoms with Crippen LogP contribution in [0.25, 0.3) is 0 Å². The number of carboxylic acids is 1. The minimum atomic E-state index is -0.716. The Bertz CT molecular complexity index is 346. The molecule has 0 amide bonds. The van der Waals surface area contributed by atoms with Gasteiger partial charge in [-0.1, -0.05) is 56.6 Å². The SMILES string of the molecule is CC/C=C\C/C=C\C/C([O-])=C\CCCCCCCC(=O)O.[K+]. The molecule has 0 aliphatic rings. The van der Waals surface area contributed by atoms with E-state index in [0.29, 0.717) is 6.42 Å². The second kappa shape index (κ2) is 19.2. The third kappa shape index (κ3) is 20.1. The van der Waals surface area contributed by atoms with Gasteiger partial charge in [-0.15, -0.1) is 5.76 Å². The summed E-state index contributed by atoms with van der Waals surface area (Å²) in [7, 11) is 0. The van der Waals surface area contributed by atoms with Gasteiger partial charge >= 0.3 is 57.4 Å². The second-order valence-corrected chi connectivity index (χ2v) is 5.16. The third-order valence-corrected chi connectivity index (χ3v) is 3.13. The Balaban J connectivity index is 0. The summed E-state index contributed by atoms with van der Waals surface area (Å²) in [5, 5.41) is 20.0. The van der Waals surface area contributed by atoms with E-state index in [4.69, 9.17) is 5.11 Å². The Morgan fingerprint density at radius 2 is 1.64 bits per heavy atom. The van der Waals surface area contributed by atoms with Gasteiger partial charge in [0.2, 0.25) is 0 Å². The van der Waals surface area contributed by atoms with Gasteiger partial charge < -0.3 is 10.2 Å². The Morgan fingerprint density at radius 1 is 1.00 bits per heavy atom. The van der Waals surface area contributed by atoms with Crippen LogP contribution < -0.4 is 56.5 Å². The molecule has 22 heavy (non-hydrogen) atoms. The van der Waals surface area contributed by atoms with Crippen molar-refractivity contribution in [2.75, 3.05) is 0 Å². The van der Waals surface area contributed by atoms with Gasteiger partial charge in [-0.25, -0.2) is 0 Å². The predicted octanol–water partition coefficient (Wildman–Crippen LogP) is 1.35. The number of aliphatic carboxylic acids is 1. The molecule has 0 unspecified atom stereocenters. The zero-order valence-corrected chi connectivity index (χ0v) is 17.3. The first-order valence-corrected chi connectivity index (χ1v) is 8.04. The van der Waals surface area contributed by atoms with Crippen LogP contribution in [0.2, 0.25) is 0 Å². The maximum absolute atomic E-state index is 11.6. The normalized spacial score (nSPS) is 12.0. The molecule has 0 saturated carbocycles. The molecule has 0 aliphatic carbocycles. The molecule has 0 rings (SSSR count). The van der Waals surface area contributed by atoms with Crippen molar-refractivity contribution in [1.82, 2.24) is 0 Å². The first-order chi connectivity index (χ1) is 10.2. The average molecular weight is 333 g/mol. The van der Waals surface area contributed by atoms with Crippen LogP contribution in [0.5, 0.6) is 0 Å². The van der Waals surface area contributed by atoms with Gasteiger partial charge in [0.05, 0.1) is 0 Å². The second-order valence-electron chi connectivity index (χ2n) is 5.16. The van der Waals surface area contributed by atoms with Crippen LogP contribution in [-0.2, 0) is 4.79 Å². The van der Waals surface area contributed by atoms with Crippen molar-refractivity contribution in [2.45, 2.75) is 71.1 Å². The molecule has 0 aromatic carbocycles. The van der Waals surface area contributed by atoms with E-state index in [1.165, 1.54) is 0 Å². The fraction of sp³-hybridized carbons (Fsp3) is 0.611. The van der Waals surface area contributed by atoms with E-state index in [0.717, 1.165) is 51.4 Å². The van der Waals surface area contributed by atoms with Crippen LogP contribution in [0, 0.1) is 0 Å². The zero-order chi connectivity index (χ0) is 15.8. The van der Waals surface area contributed by atoms with Crippen molar-refractivity contribution in [3.05, 3.63) is 36.1 Å². The molecule has 0 bridgehead atoms. The van der Waals surface area contributed by atoms with Crippen LogP contribution in [0.3, 0.4) is 0 Å². The van der Waals surface area contributed by atoms with Gasteiger partial charge in [0.15, 0.2) is 0 Å². The number of carbonyl (C=O) groups is 1. The van der Waals surface area contributed by atoms with Crippen molar-refractivity contribution >= 4 is 5.97 Å². The topological polar surface area (TPSA) is 60.4 Å². The fourth-order valence-corrected chi connectivity index (χ4v) is 1.93. The van der Waals surface area contributed by atoms with Crippen LogP contribution in [0.15, 0.2) is 36.1 Å². The number of allylic oxidation sites excluding steroid dienone is 5. The Morgan fingerprint density at radius 3 is 2.32 bits per heavy atom. The van der Waals surface area contributed by atoms with Gasteiger partial charge in [-0.3, -0.25) is 4.79 Å². The Labute approximate surface area is 178 Å². The van der Waals surface area contributed by atoms with E-state index in [-0.39, 0.29) is 63.6 Å². The average Bonchev–Trinajstić information content (AvgIpc) is 2.45. The van der Waals surface area contributed by atoms with Crippen molar-refractivity contribution in [3.8, 4) is 0 Å². The number of hydrogen-bond acceptors (Lipinski definition) is 2. The fourth-order valence-electron chi connectivity index (χ4n) is 1.93. The number of unbranched alkanes of at least 4 members (excludes halogenated alkanes) is 5. The molecule has 0 atom stereocenters. The van der Waals surface area contributed by atoms with Crippen LogP contribution in [-0.4, -0.2) is 11.1 Å². The molecule has 3 nitrogen and oxygen atoms in total. The molecule has 1 N–H and O–H groups in total.